The molecule has 2 aliphatic heterocycles. The van der Waals surface area contributed by atoms with Crippen molar-refractivity contribution in [2.45, 2.75) is 25.4 Å². The lowest BCUT2D eigenvalue weighted by Crippen LogP contribution is -2.50. The maximum atomic E-state index is 12.8. The molecule has 3 heterocycles. The monoisotopic (exact) mass is 431 g/mol. The molecule has 30 heavy (non-hydrogen) atoms. The summed E-state index contributed by atoms with van der Waals surface area (Å²) in [4.78, 5) is 21.8. The molecule has 0 saturated carbocycles. The molecule has 0 radical (unpaired) electrons. The molecular formula is C22H29N3O4S. The zero-order valence-corrected chi connectivity index (χ0v) is 18.5. The summed E-state index contributed by atoms with van der Waals surface area (Å²) < 4.78 is 16.4. The van der Waals surface area contributed by atoms with Gasteiger partial charge in [0.2, 0.25) is 5.91 Å². The minimum Gasteiger partial charge on any atom is -0.493 e. The van der Waals surface area contributed by atoms with Crippen molar-refractivity contribution in [2.24, 2.45) is 0 Å². The number of ether oxygens (including phenoxy) is 3. The van der Waals surface area contributed by atoms with E-state index in [4.69, 9.17) is 14.2 Å². The van der Waals surface area contributed by atoms with Crippen LogP contribution in [0.1, 0.15) is 18.5 Å². The number of thiazole rings is 1. The Balaban J connectivity index is 1.31. The Hall–Kier alpha value is -2.16. The Bertz CT molecular complexity index is 858. The first-order chi connectivity index (χ1) is 14.7. The van der Waals surface area contributed by atoms with Gasteiger partial charge in [0.05, 0.1) is 32.4 Å². The van der Waals surface area contributed by atoms with Crippen molar-refractivity contribution >= 4 is 17.2 Å². The zero-order valence-electron chi connectivity index (χ0n) is 17.6. The van der Waals surface area contributed by atoms with Gasteiger partial charge in [-0.15, -0.1) is 11.3 Å². The molecule has 2 fully saturated rings. The second-order valence-corrected chi connectivity index (χ2v) is 8.57. The van der Waals surface area contributed by atoms with Crippen LogP contribution in [0, 0.1) is 0 Å². The Morgan fingerprint density at radius 1 is 1.20 bits per heavy atom. The first-order valence-electron chi connectivity index (χ1n) is 10.4. The van der Waals surface area contributed by atoms with Crippen LogP contribution in [0.25, 0.3) is 10.6 Å². The van der Waals surface area contributed by atoms with Crippen molar-refractivity contribution < 1.29 is 19.0 Å². The molecule has 1 atom stereocenters. The van der Waals surface area contributed by atoms with Crippen LogP contribution < -0.4 is 9.47 Å². The van der Waals surface area contributed by atoms with E-state index in [0.717, 1.165) is 62.0 Å². The summed E-state index contributed by atoms with van der Waals surface area (Å²) in [5.74, 6) is 1.51. The lowest BCUT2D eigenvalue weighted by Gasteiger charge is -2.35. The maximum Gasteiger partial charge on any atom is 0.228 e. The number of hydrogen-bond donors (Lipinski definition) is 0. The van der Waals surface area contributed by atoms with Crippen molar-refractivity contribution in [3.63, 3.8) is 0 Å². The van der Waals surface area contributed by atoms with Gasteiger partial charge >= 0.3 is 0 Å². The Labute approximate surface area is 181 Å². The van der Waals surface area contributed by atoms with Crippen LogP contribution in [0.15, 0.2) is 23.6 Å². The van der Waals surface area contributed by atoms with E-state index < -0.39 is 0 Å². The summed E-state index contributed by atoms with van der Waals surface area (Å²) in [6.45, 7) is 5.26. The maximum absolute atomic E-state index is 12.8. The standard InChI is InChI=1S/C22H29N3O4S/c1-27-19-6-5-16(12-20(19)28-2)22-23-17(15-30-22)13-21(26)25-9-7-24(8-10-25)14-18-4-3-11-29-18/h5-6,12,15,18H,3-4,7-11,13-14H2,1-2H3. The molecule has 4 rings (SSSR count). The topological polar surface area (TPSA) is 64.1 Å². The number of carbonyl (C=O) groups is 1. The summed E-state index contributed by atoms with van der Waals surface area (Å²) in [6, 6.07) is 5.74. The van der Waals surface area contributed by atoms with Gasteiger partial charge in [-0.2, -0.15) is 0 Å². The largest absolute Gasteiger partial charge is 0.493 e. The third-order valence-corrected chi connectivity index (χ3v) is 6.67. The summed E-state index contributed by atoms with van der Waals surface area (Å²) in [5, 5.41) is 2.84. The molecule has 2 aliphatic rings. The second-order valence-electron chi connectivity index (χ2n) is 7.71. The molecule has 162 valence electrons. The van der Waals surface area contributed by atoms with Crippen LogP contribution in [-0.2, 0) is 16.0 Å². The minimum atomic E-state index is 0.149. The van der Waals surface area contributed by atoms with Gasteiger partial charge in [0.1, 0.15) is 5.01 Å². The molecule has 1 aromatic carbocycles. The van der Waals surface area contributed by atoms with E-state index in [0.29, 0.717) is 24.0 Å². The molecule has 0 N–H and O–H groups in total. The number of benzene rings is 1. The highest BCUT2D eigenvalue weighted by Crippen LogP contribution is 2.33. The Kier molecular flexibility index (Phi) is 6.86. The highest BCUT2D eigenvalue weighted by molar-refractivity contribution is 7.13. The third kappa shape index (κ3) is 4.94. The number of nitrogens with zero attached hydrogens (tertiary/aromatic N) is 3. The number of methoxy groups -OCH3 is 2. The van der Waals surface area contributed by atoms with Gasteiger partial charge in [-0.05, 0) is 31.0 Å². The van der Waals surface area contributed by atoms with Gasteiger partial charge in [0, 0.05) is 50.3 Å². The van der Waals surface area contributed by atoms with Crippen molar-refractivity contribution in [2.75, 3.05) is 53.6 Å². The number of hydrogen-bond acceptors (Lipinski definition) is 7. The quantitative estimate of drug-likeness (QED) is 0.672. The molecule has 7 nitrogen and oxygen atoms in total. The van der Waals surface area contributed by atoms with E-state index in [-0.39, 0.29) is 5.91 Å². The SMILES string of the molecule is COc1ccc(-c2nc(CC(=O)N3CCN(CC4CCCO4)CC3)cs2)cc1OC. The van der Waals surface area contributed by atoms with Crippen LogP contribution in [0.2, 0.25) is 0 Å². The molecular weight excluding hydrogens is 402 g/mol. The van der Waals surface area contributed by atoms with Crippen LogP contribution in [0.5, 0.6) is 11.5 Å². The second kappa shape index (κ2) is 9.76. The number of carbonyl (C=O) groups excluding carboxylic acids is 1. The molecule has 0 aliphatic carbocycles. The third-order valence-electron chi connectivity index (χ3n) is 5.73. The smallest absolute Gasteiger partial charge is 0.228 e. The predicted octanol–water partition coefficient (Wildman–Crippen LogP) is 2.69. The fourth-order valence-electron chi connectivity index (χ4n) is 4.01. The first-order valence-corrected chi connectivity index (χ1v) is 11.3. The Morgan fingerprint density at radius 2 is 2.00 bits per heavy atom. The van der Waals surface area contributed by atoms with E-state index in [1.165, 1.54) is 6.42 Å². The van der Waals surface area contributed by atoms with E-state index in [2.05, 4.69) is 9.88 Å². The summed E-state index contributed by atoms with van der Waals surface area (Å²) in [7, 11) is 3.24. The number of amides is 1. The van der Waals surface area contributed by atoms with Gasteiger partial charge in [0.15, 0.2) is 11.5 Å². The average molecular weight is 432 g/mol. The number of rotatable bonds is 7. The fourth-order valence-corrected chi connectivity index (χ4v) is 4.83. The number of aromatic nitrogens is 1. The molecule has 2 saturated heterocycles. The van der Waals surface area contributed by atoms with Gasteiger partial charge in [-0.25, -0.2) is 4.98 Å². The average Bonchev–Trinajstić information content (AvgIpc) is 3.46. The molecule has 0 bridgehead atoms. The van der Waals surface area contributed by atoms with E-state index in [1.54, 1.807) is 25.6 Å². The van der Waals surface area contributed by atoms with Gasteiger partial charge in [-0.1, -0.05) is 0 Å². The molecule has 8 heteroatoms. The highest BCUT2D eigenvalue weighted by Gasteiger charge is 2.25. The van der Waals surface area contributed by atoms with Gasteiger partial charge in [-0.3, -0.25) is 9.69 Å². The van der Waals surface area contributed by atoms with E-state index in [1.807, 2.05) is 28.5 Å². The van der Waals surface area contributed by atoms with Crippen molar-refractivity contribution in [3.05, 3.63) is 29.3 Å². The van der Waals surface area contributed by atoms with Gasteiger partial charge < -0.3 is 19.1 Å². The number of piperazine rings is 1. The van der Waals surface area contributed by atoms with Crippen LogP contribution in [-0.4, -0.2) is 80.3 Å². The fraction of sp³-hybridized carbons (Fsp3) is 0.545. The highest BCUT2D eigenvalue weighted by atomic mass is 32.1. The molecule has 0 spiro atoms. The lowest BCUT2D eigenvalue weighted by atomic mass is 10.2. The van der Waals surface area contributed by atoms with Crippen LogP contribution in [0.3, 0.4) is 0 Å². The van der Waals surface area contributed by atoms with Gasteiger partial charge in [0.25, 0.3) is 0 Å². The summed E-state index contributed by atoms with van der Waals surface area (Å²) in [5.41, 5.74) is 1.77. The Morgan fingerprint density at radius 3 is 2.70 bits per heavy atom. The molecule has 1 unspecified atom stereocenters. The normalized spacial score (nSPS) is 19.8. The van der Waals surface area contributed by atoms with Crippen molar-refractivity contribution in [3.8, 4) is 22.1 Å². The molecule has 2 aromatic rings. The minimum absolute atomic E-state index is 0.149. The van der Waals surface area contributed by atoms with Crippen molar-refractivity contribution in [1.82, 2.24) is 14.8 Å². The van der Waals surface area contributed by atoms with E-state index >= 15 is 0 Å². The van der Waals surface area contributed by atoms with Crippen LogP contribution >= 0.6 is 11.3 Å². The predicted molar refractivity (Wildman–Crippen MR) is 116 cm³/mol. The zero-order chi connectivity index (χ0) is 20.9. The summed E-state index contributed by atoms with van der Waals surface area (Å²) >= 11 is 1.54. The van der Waals surface area contributed by atoms with Crippen LogP contribution in [0.4, 0.5) is 0 Å². The van der Waals surface area contributed by atoms with E-state index in [9.17, 15) is 4.79 Å². The molecule has 1 amide bonds. The van der Waals surface area contributed by atoms with Crippen molar-refractivity contribution in [1.29, 1.82) is 0 Å². The molecule has 1 aromatic heterocycles. The summed E-state index contributed by atoms with van der Waals surface area (Å²) in [6.07, 6.45) is 3.04. The lowest BCUT2D eigenvalue weighted by molar-refractivity contribution is -0.132. The first kappa shape index (κ1) is 21.1.